The van der Waals surface area contributed by atoms with Gasteiger partial charge in [0, 0.05) is 6.54 Å². The molecule has 0 saturated carbocycles. The number of nitrogens with zero attached hydrogens (tertiary/aromatic N) is 3. The third-order valence-corrected chi connectivity index (χ3v) is 6.42. The molecule has 2 fully saturated rings. The van der Waals surface area contributed by atoms with E-state index in [1.54, 1.807) is 25.0 Å². The highest BCUT2D eigenvalue weighted by Gasteiger charge is 2.50. The fraction of sp³-hybridized carbons (Fsp3) is 0.474. The first-order chi connectivity index (χ1) is 13.2. The van der Waals surface area contributed by atoms with Crippen LogP contribution in [0.1, 0.15) is 32.3 Å². The van der Waals surface area contributed by atoms with E-state index in [-0.39, 0.29) is 39.1 Å². The second-order valence-electron chi connectivity index (χ2n) is 7.17. The van der Waals surface area contributed by atoms with Gasteiger partial charge in [-0.1, -0.05) is 0 Å². The monoisotopic (exact) mass is 421 g/mol. The van der Waals surface area contributed by atoms with E-state index in [9.17, 15) is 14.9 Å². The molecular weight excluding hydrogens is 401 g/mol. The molecule has 1 unspecified atom stereocenters. The van der Waals surface area contributed by atoms with Gasteiger partial charge in [-0.25, -0.2) is 4.39 Å². The van der Waals surface area contributed by atoms with Crippen LogP contribution in [0.2, 0.25) is 0 Å². The van der Waals surface area contributed by atoms with Crippen molar-refractivity contribution in [1.29, 1.82) is 5.26 Å². The molecule has 0 bridgehead atoms. The topological polar surface area (TPSA) is 73.6 Å². The zero-order chi connectivity index (χ0) is 20.6. The Hall–Kier alpha value is -2.18. The Morgan fingerprint density at radius 3 is 2.71 bits per heavy atom. The Bertz CT molecular complexity index is 897. The second-order valence-corrected chi connectivity index (χ2v) is 8.35. The van der Waals surface area contributed by atoms with Crippen molar-refractivity contribution in [3.8, 4) is 6.07 Å². The molecule has 0 aliphatic carbocycles. The molecule has 2 aliphatic heterocycles. The minimum absolute atomic E-state index is 0.0363. The van der Waals surface area contributed by atoms with Crippen LogP contribution in [0.5, 0.6) is 0 Å². The lowest BCUT2D eigenvalue weighted by Crippen LogP contribution is -2.45. The number of esters is 1. The number of thiocarbonyl (C=S) groups is 1. The van der Waals surface area contributed by atoms with Crippen LogP contribution in [0.15, 0.2) is 17.0 Å². The number of anilines is 1. The van der Waals surface area contributed by atoms with E-state index < -0.39 is 11.4 Å². The summed E-state index contributed by atoms with van der Waals surface area (Å²) < 4.78 is 20.1. The van der Waals surface area contributed by atoms with E-state index in [2.05, 4.69) is 0 Å². The summed E-state index contributed by atoms with van der Waals surface area (Å²) in [5.74, 6) is -1.42. The molecular formula is C19H20FN3O3S2. The van der Waals surface area contributed by atoms with Crippen LogP contribution in [0.4, 0.5) is 10.1 Å². The zero-order valence-electron chi connectivity index (χ0n) is 15.8. The van der Waals surface area contributed by atoms with Crippen molar-refractivity contribution in [2.24, 2.45) is 5.92 Å². The number of amides is 1. The molecule has 1 aromatic carbocycles. The molecule has 148 valence electrons. The fourth-order valence-electron chi connectivity index (χ4n) is 3.51. The number of benzene rings is 1. The summed E-state index contributed by atoms with van der Waals surface area (Å²) in [5, 5.41) is 9.36. The molecule has 0 aromatic heterocycles. The number of ether oxygens (including phenoxy) is 1. The van der Waals surface area contributed by atoms with Crippen LogP contribution < -0.4 is 4.90 Å². The van der Waals surface area contributed by atoms with Gasteiger partial charge in [0.15, 0.2) is 10.9 Å². The summed E-state index contributed by atoms with van der Waals surface area (Å²) in [6, 6.07) is 4.86. The Labute approximate surface area is 172 Å². The van der Waals surface area contributed by atoms with Crippen LogP contribution in [-0.4, -0.2) is 46.8 Å². The molecule has 1 aromatic rings. The van der Waals surface area contributed by atoms with E-state index in [0.29, 0.717) is 26.0 Å². The lowest BCUT2D eigenvalue weighted by atomic mass is 10.0. The number of nitriles is 1. The summed E-state index contributed by atoms with van der Waals surface area (Å²) in [4.78, 5) is 27.9. The number of carbonyl (C=O) groups excluding carboxylic acids is 2. The molecule has 0 N–H and O–H groups in total. The number of rotatable bonds is 5. The maximum Gasteiger partial charge on any atom is 0.309 e. The standard InChI is InChI=1S/C19H20FN3O3S2/c1-19(2)17(25)23(13-5-4-12(10-21)15(28-3)14(13)20)18(27)22(19)8-6-11-7-9-26-16(11)24/h4-5,11H,6-9H2,1-3H3. The second kappa shape index (κ2) is 7.68. The number of halogens is 1. The van der Waals surface area contributed by atoms with Gasteiger partial charge in [0.05, 0.1) is 28.7 Å². The molecule has 6 nitrogen and oxygen atoms in total. The van der Waals surface area contributed by atoms with Gasteiger partial charge in [-0.2, -0.15) is 5.26 Å². The normalized spacial score (nSPS) is 21.2. The summed E-state index contributed by atoms with van der Waals surface area (Å²) >= 11 is 6.62. The molecule has 9 heteroatoms. The van der Waals surface area contributed by atoms with Gasteiger partial charge in [-0.3, -0.25) is 14.5 Å². The Balaban J connectivity index is 1.91. The molecule has 2 saturated heterocycles. The lowest BCUT2D eigenvalue weighted by molar-refractivity contribution is -0.141. The third kappa shape index (κ3) is 3.25. The quantitative estimate of drug-likeness (QED) is 0.411. The highest BCUT2D eigenvalue weighted by Crippen LogP contribution is 2.37. The first kappa shape index (κ1) is 20.6. The highest BCUT2D eigenvalue weighted by molar-refractivity contribution is 7.98. The fourth-order valence-corrected chi connectivity index (χ4v) is 4.63. The molecule has 0 radical (unpaired) electrons. The van der Waals surface area contributed by atoms with Crippen LogP contribution in [0.25, 0.3) is 0 Å². The van der Waals surface area contributed by atoms with E-state index in [1.807, 2.05) is 6.07 Å². The van der Waals surface area contributed by atoms with Crippen LogP contribution >= 0.6 is 24.0 Å². The van der Waals surface area contributed by atoms with Gasteiger partial charge in [0.2, 0.25) is 0 Å². The van der Waals surface area contributed by atoms with Crippen molar-refractivity contribution in [3.05, 3.63) is 23.5 Å². The molecule has 28 heavy (non-hydrogen) atoms. The van der Waals surface area contributed by atoms with E-state index in [4.69, 9.17) is 17.0 Å². The van der Waals surface area contributed by atoms with Crippen molar-refractivity contribution in [3.63, 3.8) is 0 Å². The van der Waals surface area contributed by atoms with Crippen molar-refractivity contribution >= 4 is 46.7 Å². The largest absolute Gasteiger partial charge is 0.465 e. The third-order valence-electron chi connectivity index (χ3n) is 5.21. The molecule has 1 amide bonds. The molecule has 0 spiro atoms. The van der Waals surface area contributed by atoms with Crippen LogP contribution in [0.3, 0.4) is 0 Å². The molecule has 2 heterocycles. The number of thioether (sulfide) groups is 1. The first-order valence-corrected chi connectivity index (χ1v) is 10.5. The molecule has 2 aliphatic rings. The van der Waals surface area contributed by atoms with Crippen LogP contribution in [-0.2, 0) is 14.3 Å². The SMILES string of the molecule is CSc1c(C#N)ccc(N2C(=O)C(C)(C)N(CCC3CCOC3=O)C2=S)c1F. The maximum absolute atomic E-state index is 15.1. The smallest absolute Gasteiger partial charge is 0.309 e. The van der Waals surface area contributed by atoms with E-state index in [1.165, 1.54) is 17.0 Å². The van der Waals surface area contributed by atoms with Crippen molar-refractivity contribution < 1.29 is 18.7 Å². The van der Waals surface area contributed by atoms with E-state index >= 15 is 4.39 Å². The maximum atomic E-state index is 15.1. The number of carbonyl (C=O) groups is 2. The minimum Gasteiger partial charge on any atom is -0.465 e. The van der Waals surface area contributed by atoms with Gasteiger partial charge >= 0.3 is 5.97 Å². The van der Waals surface area contributed by atoms with Crippen LogP contribution in [0, 0.1) is 23.1 Å². The van der Waals surface area contributed by atoms with Crippen molar-refractivity contribution in [2.75, 3.05) is 24.3 Å². The predicted molar refractivity (Wildman–Crippen MR) is 107 cm³/mol. The van der Waals surface area contributed by atoms with Crippen molar-refractivity contribution in [2.45, 2.75) is 37.1 Å². The van der Waals surface area contributed by atoms with Crippen molar-refractivity contribution in [1.82, 2.24) is 4.90 Å². The zero-order valence-corrected chi connectivity index (χ0v) is 17.5. The highest BCUT2D eigenvalue weighted by atomic mass is 32.2. The average Bonchev–Trinajstić information content (AvgIpc) is 3.13. The van der Waals surface area contributed by atoms with Gasteiger partial charge in [-0.05, 0) is 57.3 Å². The summed E-state index contributed by atoms with van der Waals surface area (Å²) in [6.45, 7) is 4.26. The Morgan fingerprint density at radius 1 is 1.43 bits per heavy atom. The summed E-state index contributed by atoms with van der Waals surface area (Å²) in [7, 11) is 0. The average molecular weight is 422 g/mol. The van der Waals surface area contributed by atoms with E-state index in [0.717, 1.165) is 11.8 Å². The Morgan fingerprint density at radius 2 is 2.14 bits per heavy atom. The van der Waals surface area contributed by atoms with Gasteiger partial charge in [0.25, 0.3) is 5.91 Å². The number of hydrogen-bond donors (Lipinski definition) is 0. The summed E-state index contributed by atoms with van der Waals surface area (Å²) in [6.07, 6.45) is 2.83. The predicted octanol–water partition coefficient (Wildman–Crippen LogP) is 3.08. The Kier molecular flexibility index (Phi) is 5.64. The first-order valence-electron chi connectivity index (χ1n) is 8.83. The molecule has 1 atom stereocenters. The number of hydrogen-bond acceptors (Lipinski definition) is 6. The van der Waals surface area contributed by atoms with Gasteiger partial charge in [0.1, 0.15) is 11.6 Å². The lowest BCUT2D eigenvalue weighted by Gasteiger charge is -2.29. The summed E-state index contributed by atoms with van der Waals surface area (Å²) in [5.41, 5.74) is -0.726. The van der Waals surface area contributed by atoms with Gasteiger partial charge in [-0.15, -0.1) is 11.8 Å². The molecule has 3 rings (SSSR count). The number of cyclic esters (lactones) is 1. The minimum atomic E-state index is -0.973. The van der Waals surface area contributed by atoms with Gasteiger partial charge < -0.3 is 9.64 Å².